The second-order valence-electron chi connectivity index (χ2n) is 3.29. The molecule has 0 N–H and O–H groups in total. The zero-order valence-corrected chi connectivity index (χ0v) is 10.5. The average molecular weight is 252 g/mol. The van der Waals surface area contributed by atoms with E-state index in [4.69, 9.17) is 4.84 Å². The molecule has 0 unspecified atom stereocenters. The molecule has 0 bridgehead atoms. The van der Waals surface area contributed by atoms with Gasteiger partial charge in [0.2, 0.25) is 0 Å². The zero-order chi connectivity index (χ0) is 9.94. The van der Waals surface area contributed by atoms with Gasteiger partial charge in [-0.25, -0.2) is 0 Å². The monoisotopic (exact) mass is 251 g/mol. The van der Waals surface area contributed by atoms with Gasteiger partial charge in [-0.3, -0.25) is 4.84 Å². The van der Waals surface area contributed by atoms with E-state index in [1.165, 1.54) is 25.7 Å². The minimum Gasteiger partial charge on any atom is -0.299 e. The highest BCUT2D eigenvalue weighted by Gasteiger charge is 1.95. The van der Waals surface area contributed by atoms with E-state index in [1.54, 1.807) is 0 Å². The van der Waals surface area contributed by atoms with Crippen LogP contribution in [0.3, 0.4) is 0 Å². The van der Waals surface area contributed by atoms with Gasteiger partial charge < -0.3 is 0 Å². The lowest BCUT2D eigenvalue weighted by Crippen LogP contribution is -2.20. The van der Waals surface area contributed by atoms with Crippen molar-refractivity contribution < 1.29 is 4.84 Å². The van der Waals surface area contributed by atoms with E-state index in [1.807, 2.05) is 12.1 Å². The SMILES string of the molecule is CCCN(C)OCCCCCCBr. The van der Waals surface area contributed by atoms with Crippen LogP contribution in [0.15, 0.2) is 0 Å². The summed E-state index contributed by atoms with van der Waals surface area (Å²) in [6.45, 7) is 4.07. The molecule has 0 heterocycles. The van der Waals surface area contributed by atoms with Crippen molar-refractivity contribution in [3.05, 3.63) is 0 Å². The van der Waals surface area contributed by atoms with Gasteiger partial charge >= 0.3 is 0 Å². The van der Waals surface area contributed by atoms with Gasteiger partial charge in [0.1, 0.15) is 0 Å². The third-order valence-electron chi connectivity index (χ3n) is 1.88. The Morgan fingerprint density at radius 3 is 2.46 bits per heavy atom. The maximum Gasteiger partial charge on any atom is 0.0684 e. The second-order valence-corrected chi connectivity index (χ2v) is 4.08. The molecular weight excluding hydrogens is 230 g/mol. The van der Waals surface area contributed by atoms with Crippen molar-refractivity contribution in [1.82, 2.24) is 5.06 Å². The van der Waals surface area contributed by atoms with Crippen LogP contribution in [0.25, 0.3) is 0 Å². The number of hydrogen-bond donors (Lipinski definition) is 0. The highest BCUT2D eigenvalue weighted by Crippen LogP contribution is 2.02. The van der Waals surface area contributed by atoms with Crippen molar-refractivity contribution >= 4 is 15.9 Å². The van der Waals surface area contributed by atoms with Crippen LogP contribution >= 0.6 is 15.9 Å². The zero-order valence-electron chi connectivity index (χ0n) is 8.89. The molecule has 13 heavy (non-hydrogen) atoms. The third kappa shape index (κ3) is 10.3. The van der Waals surface area contributed by atoms with Crippen LogP contribution in [-0.2, 0) is 4.84 Å². The van der Waals surface area contributed by atoms with Gasteiger partial charge in [-0.15, -0.1) is 0 Å². The van der Waals surface area contributed by atoms with Gasteiger partial charge in [-0.05, 0) is 19.3 Å². The molecule has 0 aliphatic carbocycles. The number of rotatable bonds is 9. The maximum absolute atomic E-state index is 5.48. The molecule has 0 saturated carbocycles. The molecule has 2 nitrogen and oxygen atoms in total. The summed E-state index contributed by atoms with van der Waals surface area (Å²) >= 11 is 3.42. The molecule has 0 aliphatic rings. The molecule has 0 radical (unpaired) electrons. The van der Waals surface area contributed by atoms with Gasteiger partial charge in [-0.1, -0.05) is 35.7 Å². The summed E-state index contributed by atoms with van der Waals surface area (Å²) < 4.78 is 0. The number of alkyl halides is 1. The molecule has 0 aromatic carbocycles. The molecule has 80 valence electrons. The Bertz CT molecular complexity index is 101. The summed E-state index contributed by atoms with van der Waals surface area (Å²) in [4.78, 5) is 5.48. The summed E-state index contributed by atoms with van der Waals surface area (Å²) in [5.41, 5.74) is 0. The number of hydroxylamine groups is 2. The first-order valence-corrected chi connectivity index (χ1v) is 6.33. The van der Waals surface area contributed by atoms with Gasteiger partial charge in [0.15, 0.2) is 0 Å². The Labute approximate surface area is 90.7 Å². The summed E-state index contributed by atoms with van der Waals surface area (Å²) in [6.07, 6.45) is 6.21. The topological polar surface area (TPSA) is 12.5 Å². The molecule has 3 heteroatoms. The van der Waals surface area contributed by atoms with Crippen LogP contribution in [0, 0.1) is 0 Å². The van der Waals surface area contributed by atoms with Crippen molar-refractivity contribution in [2.45, 2.75) is 39.0 Å². The van der Waals surface area contributed by atoms with E-state index in [0.29, 0.717) is 0 Å². The number of nitrogens with zero attached hydrogens (tertiary/aromatic N) is 1. The normalized spacial score (nSPS) is 11.1. The van der Waals surface area contributed by atoms with Gasteiger partial charge in [0.25, 0.3) is 0 Å². The second kappa shape index (κ2) is 10.5. The molecule has 0 aromatic rings. The predicted octanol–water partition coefficient (Wildman–Crippen LogP) is 3.22. The number of unbranched alkanes of at least 4 members (excludes halogenated alkanes) is 3. The van der Waals surface area contributed by atoms with E-state index >= 15 is 0 Å². The van der Waals surface area contributed by atoms with Crippen LogP contribution in [0.5, 0.6) is 0 Å². The molecule has 0 fully saturated rings. The Morgan fingerprint density at radius 1 is 1.15 bits per heavy atom. The minimum absolute atomic E-state index is 0.874. The van der Waals surface area contributed by atoms with Crippen LogP contribution in [0.4, 0.5) is 0 Å². The fourth-order valence-electron chi connectivity index (χ4n) is 1.15. The van der Waals surface area contributed by atoms with Gasteiger partial charge in [0.05, 0.1) is 6.61 Å². The summed E-state index contributed by atoms with van der Waals surface area (Å²) in [6, 6.07) is 0. The van der Waals surface area contributed by atoms with Crippen molar-refractivity contribution in [3.8, 4) is 0 Å². The standard InChI is InChI=1S/C10H22BrNO/c1-3-9-12(2)13-10-7-5-4-6-8-11/h3-10H2,1-2H3. The van der Waals surface area contributed by atoms with Crippen molar-refractivity contribution in [2.24, 2.45) is 0 Å². The first-order valence-electron chi connectivity index (χ1n) is 5.21. The third-order valence-corrected chi connectivity index (χ3v) is 2.44. The van der Waals surface area contributed by atoms with Crippen molar-refractivity contribution in [2.75, 3.05) is 25.5 Å². The number of hydrogen-bond acceptors (Lipinski definition) is 2. The molecule has 0 aromatic heterocycles. The van der Waals surface area contributed by atoms with Crippen LogP contribution in [0.2, 0.25) is 0 Å². The fraction of sp³-hybridized carbons (Fsp3) is 1.00. The van der Waals surface area contributed by atoms with E-state index < -0.39 is 0 Å². The Kier molecular flexibility index (Phi) is 10.8. The Balaban J connectivity index is 2.97. The Hall–Kier alpha value is 0.400. The molecule has 0 saturated heterocycles. The maximum atomic E-state index is 5.48. The first kappa shape index (κ1) is 13.4. The van der Waals surface area contributed by atoms with E-state index in [9.17, 15) is 0 Å². The number of halogens is 1. The lowest BCUT2D eigenvalue weighted by molar-refractivity contribution is -0.140. The summed E-state index contributed by atoms with van der Waals surface area (Å²) in [5, 5.41) is 3.06. The molecule has 0 atom stereocenters. The average Bonchev–Trinajstić information content (AvgIpc) is 2.11. The largest absolute Gasteiger partial charge is 0.299 e. The molecule has 0 rings (SSSR count). The van der Waals surface area contributed by atoms with Crippen LogP contribution in [0.1, 0.15) is 39.0 Å². The van der Waals surface area contributed by atoms with Crippen molar-refractivity contribution in [1.29, 1.82) is 0 Å². The molecule has 0 amide bonds. The van der Waals surface area contributed by atoms with Gasteiger partial charge in [-0.2, -0.15) is 5.06 Å². The minimum atomic E-state index is 0.874. The summed E-state index contributed by atoms with van der Waals surface area (Å²) in [5.74, 6) is 0. The molecule has 0 aliphatic heterocycles. The smallest absolute Gasteiger partial charge is 0.0684 e. The fourth-order valence-corrected chi connectivity index (χ4v) is 1.55. The highest BCUT2D eigenvalue weighted by atomic mass is 79.9. The predicted molar refractivity (Wildman–Crippen MR) is 61.1 cm³/mol. The quantitative estimate of drug-likeness (QED) is 0.355. The van der Waals surface area contributed by atoms with E-state index in [2.05, 4.69) is 22.9 Å². The van der Waals surface area contributed by atoms with Crippen LogP contribution in [-0.4, -0.2) is 30.6 Å². The van der Waals surface area contributed by atoms with E-state index in [-0.39, 0.29) is 0 Å². The van der Waals surface area contributed by atoms with Crippen molar-refractivity contribution in [3.63, 3.8) is 0 Å². The lowest BCUT2D eigenvalue weighted by atomic mass is 10.2. The lowest BCUT2D eigenvalue weighted by Gasteiger charge is -2.15. The van der Waals surface area contributed by atoms with E-state index in [0.717, 1.165) is 24.9 Å². The van der Waals surface area contributed by atoms with Crippen LogP contribution < -0.4 is 0 Å². The molecular formula is C10H22BrNO. The summed E-state index contributed by atoms with van der Waals surface area (Å²) in [7, 11) is 2.00. The Morgan fingerprint density at radius 2 is 1.85 bits per heavy atom. The molecule has 0 spiro atoms. The highest BCUT2D eigenvalue weighted by molar-refractivity contribution is 9.09. The first-order chi connectivity index (χ1) is 6.31. The van der Waals surface area contributed by atoms with Gasteiger partial charge in [0, 0.05) is 18.9 Å².